The Bertz CT molecular complexity index is 2180. The minimum Gasteiger partial charge on any atom is -0.457 e. The summed E-state index contributed by atoms with van der Waals surface area (Å²) in [6, 6.07) is 10.1. The minimum absolute atomic E-state index is 0.00329. The van der Waals surface area contributed by atoms with Crippen molar-refractivity contribution < 1.29 is 38.1 Å². The summed E-state index contributed by atoms with van der Waals surface area (Å²) < 4.78 is 23.9. The smallest absolute Gasteiger partial charge is 0.407 e. The molecule has 0 aliphatic carbocycles. The average molecular weight is 797 g/mol. The van der Waals surface area contributed by atoms with E-state index >= 15 is 0 Å². The highest BCUT2D eigenvalue weighted by molar-refractivity contribution is 5.87. The van der Waals surface area contributed by atoms with Crippen LogP contribution in [0.4, 0.5) is 9.59 Å². The van der Waals surface area contributed by atoms with Gasteiger partial charge in [-0.05, 0) is 61.8 Å². The van der Waals surface area contributed by atoms with Crippen molar-refractivity contribution >= 4 is 24.0 Å². The number of carbonyl (C=O) groups is 4. The largest absolute Gasteiger partial charge is 0.457 e. The number of nitrogens with one attached hydrogen (secondary N) is 3. The minimum atomic E-state index is -0.714. The molecule has 0 saturated carbocycles. The van der Waals surface area contributed by atoms with Gasteiger partial charge in [0.05, 0.1) is 50.1 Å². The van der Waals surface area contributed by atoms with Crippen molar-refractivity contribution in [3.05, 3.63) is 60.4 Å². The van der Waals surface area contributed by atoms with Gasteiger partial charge in [0.2, 0.25) is 18.6 Å². The summed E-state index contributed by atoms with van der Waals surface area (Å²) >= 11 is 0. The van der Waals surface area contributed by atoms with Gasteiger partial charge in [0.25, 0.3) is 0 Å². The fourth-order valence-electron chi connectivity index (χ4n) is 8.24. The van der Waals surface area contributed by atoms with E-state index in [0.717, 1.165) is 65.1 Å². The van der Waals surface area contributed by atoms with Gasteiger partial charge < -0.3 is 48.9 Å². The highest BCUT2D eigenvalue weighted by Crippen LogP contribution is 2.43. The number of amides is 4. The van der Waals surface area contributed by atoms with Crippen molar-refractivity contribution in [1.82, 2.24) is 40.0 Å². The Labute approximate surface area is 337 Å². The molecule has 308 valence electrons. The van der Waals surface area contributed by atoms with E-state index in [2.05, 4.69) is 15.6 Å². The molecule has 4 amide bonds. The first-order valence-corrected chi connectivity index (χ1v) is 19.8. The Kier molecular flexibility index (Phi) is 11.6. The van der Waals surface area contributed by atoms with Crippen LogP contribution in [0.15, 0.2) is 48.8 Å². The first-order chi connectivity index (χ1) is 27.9. The van der Waals surface area contributed by atoms with Crippen LogP contribution in [0, 0.1) is 11.8 Å². The molecule has 5 heterocycles. The SMILES string of the molecule is COC(=O)N[C@@H](C(=O)N1CCC[C@H]1c1ncc(-c2ccc3c(c2)OCOc2cc(-c4cnc([C@@H]5CCCN5C(=O)[C@H](NC(=O)OC)C(C)C)n4C)ccc2-3)[nH]1)C(C)C. The van der Waals surface area contributed by atoms with Crippen molar-refractivity contribution in [2.75, 3.05) is 34.1 Å². The molecular formula is C42H52N8O8. The second-order valence-electron chi connectivity index (χ2n) is 15.7. The molecule has 58 heavy (non-hydrogen) atoms. The molecule has 2 fully saturated rings. The van der Waals surface area contributed by atoms with Gasteiger partial charge in [0, 0.05) is 42.4 Å². The molecule has 16 heteroatoms. The molecule has 0 unspecified atom stereocenters. The normalized spacial score (nSPS) is 18.4. The third-order valence-electron chi connectivity index (χ3n) is 11.4. The van der Waals surface area contributed by atoms with Gasteiger partial charge in [-0.2, -0.15) is 0 Å². The van der Waals surface area contributed by atoms with Crippen LogP contribution in [-0.4, -0.2) is 99.5 Å². The Morgan fingerprint density at radius 2 is 1.29 bits per heavy atom. The molecule has 16 nitrogen and oxygen atoms in total. The summed E-state index contributed by atoms with van der Waals surface area (Å²) in [5.74, 6) is 2.19. The van der Waals surface area contributed by atoms with E-state index in [4.69, 9.17) is 28.9 Å². The Hall–Kier alpha value is -6.06. The second-order valence-corrected chi connectivity index (χ2v) is 15.7. The van der Waals surface area contributed by atoms with Crippen molar-refractivity contribution in [3.63, 3.8) is 0 Å². The number of nitrogens with zero attached hydrogens (tertiary/aromatic N) is 5. The molecule has 2 saturated heterocycles. The van der Waals surface area contributed by atoms with Crippen LogP contribution >= 0.6 is 0 Å². The van der Waals surface area contributed by atoms with Gasteiger partial charge in [-0.25, -0.2) is 19.6 Å². The maximum Gasteiger partial charge on any atom is 0.407 e. The number of aromatic amines is 1. The Balaban J connectivity index is 1.09. The van der Waals surface area contributed by atoms with Crippen LogP contribution in [0.2, 0.25) is 0 Å². The zero-order valence-electron chi connectivity index (χ0n) is 34.0. The number of imidazole rings is 2. The van der Waals surface area contributed by atoms with E-state index in [1.807, 2.05) is 86.8 Å². The van der Waals surface area contributed by atoms with Gasteiger partial charge in [-0.15, -0.1) is 0 Å². The molecule has 2 aromatic heterocycles. The molecule has 2 aromatic carbocycles. The Morgan fingerprint density at radius 3 is 1.86 bits per heavy atom. The van der Waals surface area contributed by atoms with E-state index in [-0.39, 0.29) is 42.5 Å². The van der Waals surface area contributed by atoms with E-state index in [1.54, 1.807) is 11.1 Å². The molecule has 4 atom stereocenters. The van der Waals surface area contributed by atoms with E-state index in [0.29, 0.717) is 30.4 Å². The van der Waals surface area contributed by atoms with Crippen LogP contribution in [0.3, 0.4) is 0 Å². The maximum atomic E-state index is 13.7. The molecule has 0 bridgehead atoms. The van der Waals surface area contributed by atoms with Gasteiger partial charge in [0.1, 0.15) is 35.2 Å². The number of benzene rings is 2. The van der Waals surface area contributed by atoms with Gasteiger partial charge >= 0.3 is 12.2 Å². The molecule has 3 N–H and O–H groups in total. The standard InChI is InChI=1S/C42H52N8O8/c1-23(2)35(46-41(53)55-6)39(51)49-16-8-10-30(49)37-43-20-29(45-37)25-12-14-27-28-15-13-26(19-34(28)58-22-57-33(27)18-25)32-21-44-38(48(32)5)31-11-9-17-50(31)40(52)36(24(3)4)47-42(54)56-7/h12-15,18-21,23-24,30-31,35-36H,8-11,16-17,22H2,1-7H3,(H,43,45)(H,46,53)(H,47,54)/t30-,31-,35+,36+/m0/s1. The highest BCUT2D eigenvalue weighted by Gasteiger charge is 2.39. The van der Waals surface area contributed by atoms with Crippen LogP contribution in [0.1, 0.15) is 77.1 Å². The van der Waals surface area contributed by atoms with E-state index < -0.39 is 24.3 Å². The summed E-state index contributed by atoms with van der Waals surface area (Å²) in [4.78, 5) is 67.9. The third kappa shape index (κ3) is 7.79. The lowest BCUT2D eigenvalue weighted by atomic mass is 9.99. The van der Waals surface area contributed by atoms with Crippen LogP contribution in [0.25, 0.3) is 33.6 Å². The fraction of sp³-hybridized carbons (Fsp3) is 0.476. The number of rotatable bonds is 10. The molecule has 7 rings (SSSR count). The van der Waals surface area contributed by atoms with Crippen LogP contribution in [0.5, 0.6) is 11.5 Å². The first-order valence-electron chi connectivity index (χ1n) is 19.8. The van der Waals surface area contributed by atoms with Crippen molar-refractivity contribution in [2.45, 2.75) is 77.5 Å². The monoisotopic (exact) mass is 796 g/mol. The van der Waals surface area contributed by atoms with E-state index in [9.17, 15) is 19.2 Å². The first kappa shape index (κ1) is 40.1. The van der Waals surface area contributed by atoms with Gasteiger partial charge in [0.15, 0.2) is 0 Å². The van der Waals surface area contributed by atoms with Gasteiger partial charge in [-0.3, -0.25) is 9.59 Å². The number of ether oxygens (including phenoxy) is 4. The molecule has 0 radical (unpaired) electrons. The average Bonchev–Trinajstić information content (AvgIpc) is 4.04. The summed E-state index contributed by atoms with van der Waals surface area (Å²) in [5, 5.41) is 5.40. The molecular weight excluding hydrogens is 745 g/mol. The lowest BCUT2D eigenvalue weighted by Gasteiger charge is -2.30. The quantitative estimate of drug-likeness (QED) is 0.173. The zero-order chi connectivity index (χ0) is 41.2. The number of hydrogen-bond donors (Lipinski definition) is 3. The predicted octanol–water partition coefficient (Wildman–Crippen LogP) is 5.96. The maximum absolute atomic E-state index is 13.7. The topological polar surface area (TPSA) is 182 Å². The molecule has 4 aromatic rings. The summed E-state index contributed by atoms with van der Waals surface area (Å²) in [7, 11) is 4.52. The lowest BCUT2D eigenvalue weighted by Crippen LogP contribution is -2.51. The lowest BCUT2D eigenvalue weighted by molar-refractivity contribution is -0.136. The number of methoxy groups -OCH3 is 2. The molecule has 0 spiro atoms. The number of likely N-dealkylation sites (tertiary alicyclic amines) is 2. The van der Waals surface area contributed by atoms with Crippen molar-refractivity contribution in [3.8, 4) is 45.1 Å². The van der Waals surface area contributed by atoms with Crippen LogP contribution in [-0.2, 0) is 26.1 Å². The zero-order valence-corrected chi connectivity index (χ0v) is 34.0. The number of carbonyl (C=O) groups excluding carboxylic acids is 4. The summed E-state index contributed by atoms with van der Waals surface area (Å²) in [6.07, 6.45) is 5.47. The number of H-pyrrole nitrogens is 1. The predicted molar refractivity (Wildman–Crippen MR) is 213 cm³/mol. The van der Waals surface area contributed by atoms with Crippen molar-refractivity contribution in [1.29, 1.82) is 0 Å². The van der Waals surface area contributed by atoms with E-state index in [1.165, 1.54) is 14.2 Å². The molecule has 3 aliphatic heterocycles. The third-order valence-corrected chi connectivity index (χ3v) is 11.4. The summed E-state index contributed by atoms with van der Waals surface area (Å²) in [6.45, 7) is 8.72. The highest BCUT2D eigenvalue weighted by atomic mass is 16.7. The van der Waals surface area contributed by atoms with Crippen molar-refractivity contribution in [2.24, 2.45) is 18.9 Å². The van der Waals surface area contributed by atoms with Crippen LogP contribution < -0.4 is 20.1 Å². The summed E-state index contributed by atoms with van der Waals surface area (Å²) in [5.41, 5.74) is 5.16. The second kappa shape index (κ2) is 16.8. The molecule has 3 aliphatic rings. The number of hydrogen-bond acceptors (Lipinski definition) is 10. The fourth-order valence-corrected chi connectivity index (χ4v) is 8.24. The van der Waals surface area contributed by atoms with Gasteiger partial charge in [-0.1, -0.05) is 39.8 Å². The number of alkyl carbamates (subject to hydrolysis) is 2. The Morgan fingerprint density at radius 1 is 0.759 bits per heavy atom. The number of fused-ring (bicyclic) bond motifs is 3. The number of aromatic nitrogens is 4.